The summed E-state index contributed by atoms with van der Waals surface area (Å²) in [7, 11) is 2.82. The van der Waals surface area contributed by atoms with Crippen LogP contribution in [0.1, 0.15) is 20.3 Å². The van der Waals surface area contributed by atoms with Gasteiger partial charge in [-0.3, -0.25) is 9.59 Å². The second kappa shape index (κ2) is 12.3. The molecule has 0 radical (unpaired) electrons. The number of anilines is 1. The fourth-order valence-corrected chi connectivity index (χ4v) is 3.98. The standard InChI is InChI=1S/C22H32N4O6S/c1-13(2)19(21(29)32-4)25-20(28)17-10-15(11-26(17)18(27)12-33-5)24-22(30)23-14-6-8-16(31-3)9-7-14/h6-9,13,15,17,19H,10-12H2,1-5H3,(H,25,28)(H2,23,24,30). The van der Waals surface area contributed by atoms with Gasteiger partial charge < -0.3 is 30.3 Å². The third-order valence-corrected chi connectivity index (χ3v) is 5.83. The van der Waals surface area contributed by atoms with Crippen molar-refractivity contribution < 1.29 is 28.7 Å². The van der Waals surface area contributed by atoms with Crippen LogP contribution in [0.4, 0.5) is 10.5 Å². The van der Waals surface area contributed by atoms with Crippen LogP contribution in [-0.2, 0) is 19.1 Å². The second-order valence-corrected chi connectivity index (χ2v) is 8.87. The molecule has 0 aromatic heterocycles. The molecule has 1 saturated heterocycles. The number of nitrogens with zero attached hydrogens (tertiary/aromatic N) is 1. The molecular weight excluding hydrogens is 448 g/mol. The van der Waals surface area contributed by atoms with Gasteiger partial charge in [-0.15, -0.1) is 0 Å². The Morgan fingerprint density at radius 3 is 2.36 bits per heavy atom. The highest BCUT2D eigenvalue weighted by atomic mass is 32.2. The topological polar surface area (TPSA) is 126 Å². The monoisotopic (exact) mass is 480 g/mol. The Balaban J connectivity index is 2.07. The summed E-state index contributed by atoms with van der Waals surface area (Å²) in [5, 5.41) is 8.26. The number of ether oxygens (including phenoxy) is 2. The van der Waals surface area contributed by atoms with Gasteiger partial charge >= 0.3 is 12.0 Å². The third kappa shape index (κ3) is 7.28. The van der Waals surface area contributed by atoms with Gasteiger partial charge in [0.05, 0.1) is 26.0 Å². The molecule has 1 heterocycles. The third-order valence-electron chi connectivity index (χ3n) is 5.29. The maximum Gasteiger partial charge on any atom is 0.328 e. The number of carbonyl (C=O) groups excluding carboxylic acids is 4. The highest BCUT2D eigenvalue weighted by molar-refractivity contribution is 7.99. The largest absolute Gasteiger partial charge is 0.497 e. The minimum Gasteiger partial charge on any atom is -0.497 e. The molecule has 1 aromatic rings. The number of esters is 1. The van der Waals surface area contributed by atoms with Crippen LogP contribution in [0, 0.1) is 5.92 Å². The Kier molecular flexibility index (Phi) is 9.83. The lowest BCUT2D eigenvalue weighted by Gasteiger charge is -2.26. The molecule has 0 bridgehead atoms. The number of benzene rings is 1. The number of methoxy groups -OCH3 is 2. The summed E-state index contributed by atoms with van der Waals surface area (Å²) in [6, 6.07) is 4.35. The average molecular weight is 481 g/mol. The predicted octanol–water partition coefficient (Wildman–Crippen LogP) is 1.46. The van der Waals surface area contributed by atoms with Crippen molar-refractivity contribution in [2.24, 2.45) is 5.92 Å². The summed E-state index contributed by atoms with van der Waals surface area (Å²) in [5.41, 5.74) is 0.578. The van der Waals surface area contributed by atoms with Crippen molar-refractivity contribution in [1.82, 2.24) is 15.5 Å². The van der Waals surface area contributed by atoms with Gasteiger partial charge in [0.25, 0.3) is 0 Å². The summed E-state index contributed by atoms with van der Waals surface area (Å²) in [5.74, 6) is -0.524. The quantitative estimate of drug-likeness (QED) is 0.457. The fraction of sp³-hybridized carbons (Fsp3) is 0.545. The fourth-order valence-electron chi connectivity index (χ4n) is 3.57. The summed E-state index contributed by atoms with van der Waals surface area (Å²) in [6.45, 7) is 3.78. The second-order valence-electron chi connectivity index (χ2n) is 8.01. The Bertz CT molecular complexity index is 848. The number of nitrogens with one attached hydrogen (secondary N) is 3. The van der Waals surface area contributed by atoms with Crippen molar-refractivity contribution in [1.29, 1.82) is 0 Å². The molecule has 1 aliphatic rings. The van der Waals surface area contributed by atoms with Crippen molar-refractivity contribution in [3.63, 3.8) is 0 Å². The van der Waals surface area contributed by atoms with Gasteiger partial charge in [0.1, 0.15) is 17.8 Å². The molecular formula is C22H32N4O6S. The van der Waals surface area contributed by atoms with E-state index in [9.17, 15) is 19.2 Å². The Morgan fingerprint density at radius 2 is 1.82 bits per heavy atom. The van der Waals surface area contributed by atoms with Crippen molar-refractivity contribution in [3.8, 4) is 5.75 Å². The number of thioether (sulfide) groups is 1. The van der Waals surface area contributed by atoms with Gasteiger partial charge in [-0.05, 0) is 42.9 Å². The SMILES string of the molecule is COC(=O)C(NC(=O)C1CC(NC(=O)Nc2ccc(OC)cc2)CN1C(=O)CSC)C(C)C. The molecule has 3 N–H and O–H groups in total. The lowest BCUT2D eigenvalue weighted by Crippen LogP contribution is -2.53. The van der Waals surface area contributed by atoms with E-state index in [4.69, 9.17) is 9.47 Å². The maximum absolute atomic E-state index is 13.0. The summed E-state index contributed by atoms with van der Waals surface area (Å²) >= 11 is 1.35. The maximum atomic E-state index is 13.0. The van der Waals surface area contributed by atoms with Gasteiger partial charge in [-0.25, -0.2) is 9.59 Å². The smallest absolute Gasteiger partial charge is 0.328 e. The molecule has 1 fully saturated rings. The van der Waals surface area contributed by atoms with Crippen molar-refractivity contribution in [2.75, 3.05) is 38.1 Å². The summed E-state index contributed by atoms with van der Waals surface area (Å²) in [4.78, 5) is 51.7. The minimum absolute atomic E-state index is 0.192. The molecule has 182 valence electrons. The highest BCUT2D eigenvalue weighted by Crippen LogP contribution is 2.21. The molecule has 4 amide bonds. The zero-order valence-corrected chi connectivity index (χ0v) is 20.4. The number of carbonyl (C=O) groups is 4. The molecule has 3 unspecified atom stereocenters. The summed E-state index contributed by atoms with van der Waals surface area (Å²) < 4.78 is 9.88. The first-order chi connectivity index (χ1) is 15.7. The molecule has 33 heavy (non-hydrogen) atoms. The van der Waals surface area contributed by atoms with Crippen LogP contribution in [0.15, 0.2) is 24.3 Å². The number of hydrogen-bond acceptors (Lipinski definition) is 7. The van der Waals surface area contributed by atoms with Crippen LogP contribution in [0.3, 0.4) is 0 Å². The Labute approximate surface area is 198 Å². The average Bonchev–Trinajstić information content (AvgIpc) is 3.21. The van der Waals surface area contributed by atoms with E-state index in [-0.39, 0.29) is 30.5 Å². The predicted molar refractivity (Wildman–Crippen MR) is 126 cm³/mol. The number of likely N-dealkylation sites (tertiary alicyclic amines) is 1. The van der Waals surface area contributed by atoms with Crippen LogP contribution in [0.2, 0.25) is 0 Å². The molecule has 11 heteroatoms. The molecule has 3 atom stereocenters. The number of hydrogen-bond donors (Lipinski definition) is 3. The molecule has 2 rings (SSSR count). The van der Waals surface area contributed by atoms with E-state index < -0.39 is 36.0 Å². The van der Waals surface area contributed by atoms with Crippen LogP contribution in [-0.4, -0.2) is 79.6 Å². The van der Waals surface area contributed by atoms with E-state index in [0.717, 1.165) is 0 Å². The number of urea groups is 1. The van der Waals surface area contributed by atoms with Crippen LogP contribution >= 0.6 is 11.8 Å². The van der Waals surface area contributed by atoms with Gasteiger partial charge in [-0.1, -0.05) is 13.8 Å². The van der Waals surface area contributed by atoms with Crippen LogP contribution < -0.4 is 20.7 Å². The molecule has 1 aliphatic heterocycles. The zero-order chi connectivity index (χ0) is 24.5. The number of amides is 4. The zero-order valence-electron chi connectivity index (χ0n) is 19.5. The molecule has 10 nitrogen and oxygen atoms in total. The van der Waals surface area contributed by atoms with Gasteiger partial charge in [0, 0.05) is 12.2 Å². The van der Waals surface area contributed by atoms with Crippen molar-refractivity contribution >= 4 is 41.3 Å². The van der Waals surface area contributed by atoms with Crippen LogP contribution in [0.25, 0.3) is 0 Å². The lowest BCUT2D eigenvalue weighted by atomic mass is 10.0. The van der Waals surface area contributed by atoms with Crippen molar-refractivity contribution in [3.05, 3.63) is 24.3 Å². The highest BCUT2D eigenvalue weighted by Gasteiger charge is 2.41. The minimum atomic E-state index is -0.828. The van der Waals surface area contributed by atoms with E-state index >= 15 is 0 Å². The molecule has 1 aromatic carbocycles. The van der Waals surface area contributed by atoms with Gasteiger partial charge in [-0.2, -0.15) is 11.8 Å². The van der Waals surface area contributed by atoms with E-state index in [1.54, 1.807) is 51.5 Å². The normalized spacial score (nSPS) is 18.4. The van der Waals surface area contributed by atoms with E-state index in [1.165, 1.54) is 23.8 Å². The molecule has 0 saturated carbocycles. The van der Waals surface area contributed by atoms with E-state index in [1.807, 2.05) is 0 Å². The van der Waals surface area contributed by atoms with Crippen LogP contribution in [0.5, 0.6) is 5.75 Å². The molecule has 0 spiro atoms. The van der Waals surface area contributed by atoms with Gasteiger partial charge in [0.2, 0.25) is 11.8 Å². The van der Waals surface area contributed by atoms with E-state index in [2.05, 4.69) is 16.0 Å². The van der Waals surface area contributed by atoms with E-state index in [0.29, 0.717) is 11.4 Å². The first-order valence-corrected chi connectivity index (χ1v) is 12.0. The summed E-state index contributed by atoms with van der Waals surface area (Å²) in [6.07, 6.45) is 2.03. The Hall–Kier alpha value is -2.95. The molecule has 0 aliphatic carbocycles. The number of rotatable bonds is 9. The first-order valence-electron chi connectivity index (χ1n) is 10.6. The first kappa shape index (κ1) is 26.3. The Morgan fingerprint density at radius 1 is 1.15 bits per heavy atom. The van der Waals surface area contributed by atoms with Crippen molar-refractivity contribution in [2.45, 2.75) is 38.4 Å². The lowest BCUT2D eigenvalue weighted by molar-refractivity contribution is -0.147. The van der Waals surface area contributed by atoms with Gasteiger partial charge in [0.15, 0.2) is 0 Å².